The second-order valence-electron chi connectivity index (χ2n) is 10.7. The number of carboxylic acids is 1. The normalized spacial score (nSPS) is 13.7. The molecule has 1 amide bonds. The molecule has 1 saturated carbocycles. The Hall–Kier alpha value is -3.86. The Kier molecular flexibility index (Phi) is 9.69. The van der Waals surface area contributed by atoms with Crippen LogP contribution in [0.4, 0.5) is 10.1 Å². The maximum atomic E-state index is 13.6. The first-order chi connectivity index (χ1) is 20.8. The molecule has 5 rings (SSSR count). The summed E-state index contributed by atoms with van der Waals surface area (Å²) in [6, 6.07) is 16.4. The summed E-state index contributed by atoms with van der Waals surface area (Å²) < 4.78 is 40.5. The minimum atomic E-state index is -1.29. The number of carboxylic acid groups (broad SMARTS) is 1. The monoisotopic (exact) mass is 606 g/mol. The number of anilines is 1. The Morgan fingerprint density at radius 1 is 1.09 bits per heavy atom. The van der Waals surface area contributed by atoms with Gasteiger partial charge >= 0.3 is 5.97 Å². The van der Waals surface area contributed by atoms with Crippen LogP contribution in [0.1, 0.15) is 69.9 Å². The fourth-order valence-corrected chi connectivity index (χ4v) is 6.02. The lowest BCUT2D eigenvalue weighted by molar-refractivity contribution is 0.0696. The molecule has 1 aliphatic rings. The second-order valence-corrected chi connectivity index (χ2v) is 12.0. The minimum Gasteiger partial charge on any atom is -0.593 e. The zero-order valence-corrected chi connectivity index (χ0v) is 25.0. The summed E-state index contributed by atoms with van der Waals surface area (Å²) in [6.07, 6.45) is 6.24. The van der Waals surface area contributed by atoms with Gasteiger partial charge in [-0.1, -0.05) is 12.1 Å². The van der Waals surface area contributed by atoms with Crippen LogP contribution in [-0.4, -0.2) is 48.0 Å². The van der Waals surface area contributed by atoms with Crippen LogP contribution in [0.15, 0.2) is 65.1 Å². The molecule has 0 radical (unpaired) electrons. The van der Waals surface area contributed by atoms with Crippen LogP contribution >= 0.6 is 0 Å². The summed E-state index contributed by atoms with van der Waals surface area (Å²) >= 11 is -1.29. The number of benzene rings is 3. The van der Waals surface area contributed by atoms with E-state index in [0.29, 0.717) is 53.5 Å². The van der Waals surface area contributed by atoms with Crippen molar-refractivity contribution >= 4 is 39.9 Å². The fourth-order valence-electron chi connectivity index (χ4n) is 5.20. The molecule has 1 aliphatic carbocycles. The third-order valence-electron chi connectivity index (χ3n) is 7.61. The molecule has 2 N–H and O–H groups in total. The Balaban J connectivity index is 1.29. The van der Waals surface area contributed by atoms with E-state index in [-0.39, 0.29) is 17.3 Å². The predicted octanol–water partition coefficient (Wildman–Crippen LogP) is 6.66. The molecule has 1 aromatic heterocycles. The molecule has 3 aromatic carbocycles. The first kappa shape index (κ1) is 30.6. The molecule has 226 valence electrons. The molecule has 10 heteroatoms. The number of halogens is 1. The Morgan fingerprint density at radius 2 is 1.81 bits per heavy atom. The molecule has 4 aromatic rings. The number of aromatic carboxylic acids is 1. The standard InChI is InChI=1S/C33H35FN2O6S/c1-35-32(37)30-27-18-26(22-10-11-22)28(19-29(27)42-31(30)23-12-14-25(34)15-13-23)36(43(2)40)16-4-3-5-17-41-20-21-6-8-24(9-7-21)33(38)39/h6-9,12-15,18-19,22H,3-5,10-11,16-17,20H2,1-2H3,(H,35,37)(H,38,39). The Morgan fingerprint density at radius 3 is 2.44 bits per heavy atom. The number of ether oxygens (including phenoxy) is 1. The lowest BCUT2D eigenvalue weighted by Crippen LogP contribution is -2.31. The van der Waals surface area contributed by atoms with E-state index in [9.17, 15) is 18.5 Å². The van der Waals surface area contributed by atoms with Gasteiger partial charge < -0.3 is 24.1 Å². The van der Waals surface area contributed by atoms with E-state index < -0.39 is 17.3 Å². The highest BCUT2D eigenvalue weighted by molar-refractivity contribution is 7.92. The van der Waals surface area contributed by atoms with Gasteiger partial charge in [-0.05, 0) is 91.6 Å². The number of nitrogens with one attached hydrogen (secondary N) is 1. The molecule has 0 aliphatic heterocycles. The SMILES string of the molecule is CNC(=O)c1c(-c2ccc(F)cc2)oc2cc(N(CCCCCOCc3ccc(C(=O)O)cc3)[S+](C)[O-])c(C3CC3)cc12. The van der Waals surface area contributed by atoms with Crippen LogP contribution in [0, 0.1) is 5.82 Å². The van der Waals surface area contributed by atoms with Crippen molar-refractivity contribution in [2.75, 3.05) is 30.8 Å². The van der Waals surface area contributed by atoms with Crippen molar-refractivity contribution in [2.24, 2.45) is 0 Å². The highest BCUT2D eigenvalue weighted by atomic mass is 32.2. The van der Waals surface area contributed by atoms with E-state index in [1.165, 1.54) is 12.1 Å². The van der Waals surface area contributed by atoms with Gasteiger partial charge in [-0.25, -0.2) is 9.18 Å². The zero-order chi connectivity index (χ0) is 30.5. The van der Waals surface area contributed by atoms with Crippen LogP contribution in [0.2, 0.25) is 0 Å². The number of furan rings is 1. The molecule has 8 nitrogen and oxygen atoms in total. The van der Waals surface area contributed by atoms with Crippen LogP contribution in [0.3, 0.4) is 0 Å². The summed E-state index contributed by atoms with van der Waals surface area (Å²) in [5.41, 5.74) is 4.58. The molecule has 0 spiro atoms. The molecule has 0 bridgehead atoms. The molecule has 43 heavy (non-hydrogen) atoms. The molecular weight excluding hydrogens is 571 g/mol. The number of carbonyl (C=O) groups excluding carboxylic acids is 1. The number of hydrogen-bond acceptors (Lipinski definition) is 6. The van der Waals surface area contributed by atoms with Gasteiger partial charge in [-0.2, -0.15) is 4.31 Å². The molecule has 0 saturated heterocycles. The highest BCUT2D eigenvalue weighted by Crippen LogP contribution is 2.48. The van der Waals surface area contributed by atoms with Crippen molar-refractivity contribution in [3.8, 4) is 11.3 Å². The first-order valence-electron chi connectivity index (χ1n) is 14.4. The van der Waals surface area contributed by atoms with Crippen LogP contribution in [0.25, 0.3) is 22.3 Å². The van der Waals surface area contributed by atoms with Gasteiger partial charge in [0.2, 0.25) is 0 Å². The van der Waals surface area contributed by atoms with E-state index in [1.807, 2.05) is 16.4 Å². The third-order valence-corrected chi connectivity index (χ3v) is 8.61. The lowest BCUT2D eigenvalue weighted by atomic mass is 10.0. The van der Waals surface area contributed by atoms with Gasteiger partial charge in [0.25, 0.3) is 5.91 Å². The summed E-state index contributed by atoms with van der Waals surface area (Å²) in [6.45, 7) is 1.56. The molecule has 1 heterocycles. The Bertz CT molecular complexity index is 1580. The summed E-state index contributed by atoms with van der Waals surface area (Å²) in [4.78, 5) is 24.0. The van der Waals surface area contributed by atoms with Crippen LogP contribution < -0.4 is 9.62 Å². The quantitative estimate of drug-likeness (QED) is 0.122. The molecule has 1 fully saturated rings. The number of rotatable bonds is 14. The number of fused-ring (bicyclic) bond motifs is 1. The third kappa shape index (κ3) is 7.21. The molecule has 1 atom stereocenters. The lowest BCUT2D eigenvalue weighted by Gasteiger charge is -2.26. The average molecular weight is 607 g/mol. The largest absolute Gasteiger partial charge is 0.593 e. The summed E-state index contributed by atoms with van der Waals surface area (Å²) in [5, 5.41) is 12.4. The van der Waals surface area contributed by atoms with E-state index >= 15 is 0 Å². The van der Waals surface area contributed by atoms with E-state index in [1.54, 1.807) is 49.7 Å². The number of unbranched alkanes of at least 4 members (excludes halogenated alkanes) is 2. The second kappa shape index (κ2) is 13.6. The smallest absolute Gasteiger partial charge is 0.335 e. The fraction of sp³-hybridized carbons (Fsp3) is 0.333. The average Bonchev–Trinajstić information content (AvgIpc) is 3.78. The van der Waals surface area contributed by atoms with Crippen LogP contribution in [-0.2, 0) is 22.7 Å². The van der Waals surface area contributed by atoms with E-state index in [0.717, 1.165) is 48.9 Å². The maximum absolute atomic E-state index is 13.6. The van der Waals surface area contributed by atoms with Crippen LogP contribution in [0.5, 0.6) is 0 Å². The van der Waals surface area contributed by atoms with E-state index in [2.05, 4.69) is 5.32 Å². The number of nitrogens with zero attached hydrogens (tertiary/aromatic N) is 1. The maximum Gasteiger partial charge on any atom is 0.335 e. The topological polar surface area (TPSA) is 115 Å². The zero-order valence-electron chi connectivity index (χ0n) is 24.2. The van der Waals surface area contributed by atoms with Crippen molar-refractivity contribution < 1.29 is 32.8 Å². The highest BCUT2D eigenvalue weighted by Gasteiger charge is 2.33. The van der Waals surface area contributed by atoms with Gasteiger partial charge in [0, 0.05) is 30.7 Å². The van der Waals surface area contributed by atoms with Crippen molar-refractivity contribution in [3.63, 3.8) is 0 Å². The van der Waals surface area contributed by atoms with Gasteiger partial charge in [0.15, 0.2) is 0 Å². The van der Waals surface area contributed by atoms with E-state index in [4.69, 9.17) is 14.3 Å². The predicted molar refractivity (Wildman–Crippen MR) is 165 cm³/mol. The van der Waals surface area contributed by atoms with Gasteiger partial charge in [-0.3, -0.25) is 4.79 Å². The summed E-state index contributed by atoms with van der Waals surface area (Å²) in [5.74, 6) is -0.922. The Labute approximate surface area is 253 Å². The van der Waals surface area contributed by atoms with Gasteiger partial charge in [0.1, 0.15) is 23.4 Å². The van der Waals surface area contributed by atoms with Crippen molar-refractivity contribution in [2.45, 2.75) is 44.6 Å². The van der Waals surface area contributed by atoms with Crippen molar-refractivity contribution in [3.05, 3.63) is 88.7 Å². The minimum absolute atomic E-state index is 0.248. The van der Waals surface area contributed by atoms with Crippen molar-refractivity contribution in [1.29, 1.82) is 0 Å². The van der Waals surface area contributed by atoms with Crippen molar-refractivity contribution in [1.82, 2.24) is 5.32 Å². The van der Waals surface area contributed by atoms with Gasteiger partial charge in [0.05, 0.1) is 41.3 Å². The number of carbonyl (C=O) groups is 2. The number of hydrogen-bond donors (Lipinski definition) is 2. The van der Waals surface area contributed by atoms with Gasteiger partial charge in [-0.15, -0.1) is 0 Å². The number of amides is 1. The molecule has 1 unspecified atom stereocenters. The first-order valence-corrected chi connectivity index (χ1v) is 15.9. The summed E-state index contributed by atoms with van der Waals surface area (Å²) in [7, 11) is 1.57. The molecular formula is C33H35FN2O6S.